The van der Waals surface area contributed by atoms with Gasteiger partial charge in [-0.15, -0.1) is 0 Å². The Balaban J connectivity index is 0. The molecular formula is C7H7F5O. The smallest absolute Gasteiger partial charge is 0.334 e. The lowest BCUT2D eigenvalue weighted by Gasteiger charge is -1.87. The molecule has 0 bridgehead atoms. The summed E-state index contributed by atoms with van der Waals surface area (Å²) in [6, 6.07) is 0. The van der Waals surface area contributed by atoms with Gasteiger partial charge >= 0.3 is 12.2 Å². The van der Waals surface area contributed by atoms with Crippen molar-refractivity contribution in [3.05, 3.63) is 37.4 Å². The van der Waals surface area contributed by atoms with Crippen LogP contribution in [0.25, 0.3) is 0 Å². The van der Waals surface area contributed by atoms with E-state index in [1.807, 2.05) is 0 Å². The molecule has 76 valence electrons. The van der Waals surface area contributed by atoms with E-state index < -0.39 is 12.2 Å². The van der Waals surface area contributed by atoms with Crippen LogP contribution < -0.4 is 0 Å². The Hall–Kier alpha value is -1.33. The summed E-state index contributed by atoms with van der Waals surface area (Å²) >= 11 is 0. The molecule has 0 heterocycles. The highest BCUT2D eigenvalue weighted by Crippen LogP contribution is 2.08. The van der Waals surface area contributed by atoms with Crippen molar-refractivity contribution in [2.45, 2.75) is 0 Å². The van der Waals surface area contributed by atoms with Crippen molar-refractivity contribution in [1.29, 1.82) is 0 Å². The van der Waals surface area contributed by atoms with Crippen molar-refractivity contribution in [3.8, 4) is 0 Å². The Labute approximate surface area is 71.8 Å². The first-order valence-electron chi connectivity index (χ1n) is 2.90. The minimum atomic E-state index is -2.91. The van der Waals surface area contributed by atoms with Crippen molar-refractivity contribution in [1.82, 2.24) is 0 Å². The molecule has 0 N–H and O–H groups in total. The molecule has 0 saturated carbocycles. The van der Waals surface area contributed by atoms with E-state index in [2.05, 4.69) is 11.3 Å². The van der Waals surface area contributed by atoms with E-state index in [4.69, 9.17) is 0 Å². The molecule has 1 nitrogen and oxygen atoms in total. The Morgan fingerprint density at radius 2 is 1.62 bits per heavy atom. The van der Waals surface area contributed by atoms with Crippen LogP contribution in [0, 0.1) is 0 Å². The molecule has 0 amide bonds. The van der Waals surface area contributed by atoms with Crippen molar-refractivity contribution in [2.24, 2.45) is 0 Å². The van der Waals surface area contributed by atoms with Crippen LogP contribution in [0.1, 0.15) is 0 Å². The SMILES string of the molecule is C=COCC=CF.FC(F)=C(F)F. The van der Waals surface area contributed by atoms with Crippen molar-refractivity contribution < 1.29 is 26.7 Å². The molecule has 0 radical (unpaired) electrons. The summed E-state index contributed by atoms with van der Waals surface area (Å²) in [4.78, 5) is 0. The first-order valence-corrected chi connectivity index (χ1v) is 2.90. The monoisotopic (exact) mass is 202 g/mol. The van der Waals surface area contributed by atoms with Gasteiger partial charge in [0.05, 0.1) is 12.6 Å². The first kappa shape index (κ1) is 14.2. The lowest BCUT2D eigenvalue weighted by molar-refractivity contribution is 0.290. The maximum absolute atomic E-state index is 11.0. The van der Waals surface area contributed by atoms with Crippen LogP contribution in [0.3, 0.4) is 0 Å². The first-order chi connectivity index (χ1) is 6.06. The van der Waals surface area contributed by atoms with Crippen LogP contribution >= 0.6 is 0 Å². The van der Waals surface area contributed by atoms with Gasteiger partial charge in [0.25, 0.3) is 0 Å². The molecule has 0 fully saturated rings. The summed E-state index contributed by atoms with van der Waals surface area (Å²) in [5.41, 5.74) is 0. The predicted molar refractivity (Wildman–Crippen MR) is 37.9 cm³/mol. The summed E-state index contributed by atoms with van der Waals surface area (Å²) in [5.74, 6) is 0. The van der Waals surface area contributed by atoms with E-state index in [1.165, 1.54) is 12.3 Å². The fraction of sp³-hybridized carbons (Fsp3) is 0.143. The van der Waals surface area contributed by atoms with Crippen LogP contribution in [0.4, 0.5) is 22.0 Å². The van der Waals surface area contributed by atoms with Crippen LogP contribution in [-0.4, -0.2) is 6.61 Å². The molecule has 0 aromatic rings. The van der Waals surface area contributed by atoms with Crippen molar-refractivity contribution >= 4 is 0 Å². The molecule has 0 aliphatic heterocycles. The van der Waals surface area contributed by atoms with Gasteiger partial charge in [0.2, 0.25) is 0 Å². The molecule has 0 spiro atoms. The van der Waals surface area contributed by atoms with E-state index in [1.54, 1.807) is 0 Å². The minimum Gasteiger partial charge on any atom is -0.498 e. The second-order valence-electron chi connectivity index (χ2n) is 1.38. The second kappa shape index (κ2) is 10.7. The molecular weight excluding hydrogens is 195 g/mol. The van der Waals surface area contributed by atoms with E-state index in [0.717, 1.165) is 0 Å². The van der Waals surface area contributed by atoms with Crippen LogP contribution in [-0.2, 0) is 4.74 Å². The third kappa shape index (κ3) is 18.0. The van der Waals surface area contributed by atoms with Gasteiger partial charge in [-0.3, -0.25) is 0 Å². The third-order valence-electron chi connectivity index (χ3n) is 0.542. The normalized spacial score (nSPS) is 8.69. The lowest BCUT2D eigenvalue weighted by atomic mass is 10.7. The zero-order chi connectivity index (χ0) is 10.7. The average molecular weight is 202 g/mol. The van der Waals surface area contributed by atoms with Crippen molar-refractivity contribution in [3.63, 3.8) is 0 Å². The molecule has 0 saturated heterocycles. The average Bonchev–Trinajstić information content (AvgIpc) is 2.06. The van der Waals surface area contributed by atoms with Gasteiger partial charge in [-0.05, 0) is 6.08 Å². The number of hydrogen-bond donors (Lipinski definition) is 0. The topological polar surface area (TPSA) is 9.23 Å². The van der Waals surface area contributed by atoms with Gasteiger partial charge in [-0.2, -0.15) is 17.6 Å². The lowest BCUT2D eigenvalue weighted by Crippen LogP contribution is -1.76. The molecule has 6 heteroatoms. The number of ether oxygens (including phenoxy) is 1. The quantitative estimate of drug-likeness (QED) is 0.385. The minimum absolute atomic E-state index is 0.264. The fourth-order valence-corrected chi connectivity index (χ4v) is 0.160. The Bertz CT molecular complexity index is 169. The molecule has 0 aliphatic carbocycles. The fourth-order valence-electron chi connectivity index (χ4n) is 0.160. The highest BCUT2D eigenvalue weighted by atomic mass is 19.3. The Kier molecular flexibility index (Phi) is 11.7. The molecule has 13 heavy (non-hydrogen) atoms. The maximum atomic E-state index is 11.0. The molecule has 0 atom stereocenters. The molecule has 0 unspecified atom stereocenters. The standard InChI is InChI=1S/C5H7FO.C2F4/c1-2-7-5-3-4-6;3-1(4)2(5)6/h2-4H,1,5H2;. The molecule has 0 aromatic carbocycles. The van der Waals surface area contributed by atoms with E-state index in [0.29, 0.717) is 6.33 Å². The molecule has 0 aromatic heterocycles. The predicted octanol–water partition coefficient (Wildman–Crippen LogP) is 3.62. The van der Waals surface area contributed by atoms with Crippen LogP contribution in [0.5, 0.6) is 0 Å². The number of rotatable bonds is 3. The van der Waals surface area contributed by atoms with E-state index >= 15 is 0 Å². The second-order valence-corrected chi connectivity index (χ2v) is 1.38. The Morgan fingerprint density at radius 1 is 1.15 bits per heavy atom. The molecule has 0 rings (SSSR count). The summed E-state index contributed by atoms with van der Waals surface area (Å²) in [6.45, 7) is 3.52. The number of hydrogen-bond acceptors (Lipinski definition) is 1. The Morgan fingerprint density at radius 3 is 1.85 bits per heavy atom. The van der Waals surface area contributed by atoms with Gasteiger partial charge in [-0.25, -0.2) is 4.39 Å². The van der Waals surface area contributed by atoms with Crippen molar-refractivity contribution in [2.75, 3.05) is 6.61 Å². The zero-order valence-electron chi connectivity index (χ0n) is 6.44. The summed E-state index contributed by atoms with van der Waals surface area (Å²) in [6.07, 6.45) is -2.87. The van der Waals surface area contributed by atoms with E-state index in [9.17, 15) is 22.0 Å². The third-order valence-corrected chi connectivity index (χ3v) is 0.542. The zero-order valence-corrected chi connectivity index (χ0v) is 6.44. The maximum Gasteiger partial charge on any atom is 0.334 e. The largest absolute Gasteiger partial charge is 0.498 e. The van der Waals surface area contributed by atoms with Crippen LogP contribution in [0.2, 0.25) is 0 Å². The highest BCUT2D eigenvalue weighted by Gasteiger charge is 1.98. The summed E-state index contributed by atoms with van der Waals surface area (Å²) in [5, 5.41) is 0. The van der Waals surface area contributed by atoms with Gasteiger partial charge in [0.1, 0.15) is 6.61 Å². The van der Waals surface area contributed by atoms with E-state index in [-0.39, 0.29) is 6.61 Å². The number of halogens is 5. The van der Waals surface area contributed by atoms with Crippen LogP contribution in [0.15, 0.2) is 37.4 Å². The van der Waals surface area contributed by atoms with Gasteiger partial charge in [0, 0.05) is 0 Å². The van der Waals surface area contributed by atoms with Gasteiger partial charge in [-0.1, -0.05) is 6.58 Å². The van der Waals surface area contributed by atoms with Gasteiger partial charge < -0.3 is 4.74 Å². The highest BCUT2D eigenvalue weighted by molar-refractivity contribution is 4.77. The summed E-state index contributed by atoms with van der Waals surface area (Å²) in [7, 11) is 0. The molecule has 0 aliphatic rings. The summed E-state index contributed by atoms with van der Waals surface area (Å²) < 4.78 is 56.7. The van der Waals surface area contributed by atoms with Gasteiger partial charge in [0.15, 0.2) is 0 Å².